The van der Waals surface area contributed by atoms with Gasteiger partial charge in [-0.1, -0.05) is 12.8 Å². The van der Waals surface area contributed by atoms with Gasteiger partial charge < -0.3 is 15.7 Å². The van der Waals surface area contributed by atoms with Crippen molar-refractivity contribution >= 4 is 40.3 Å². The summed E-state index contributed by atoms with van der Waals surface area (Å²) in [6.07, 6.45) is 2.41. The summed E-state index contributed by atoms with van der Waals surface area (Å²) in [7, 11) is 0. The maximum absolute atomic E-state index is 13.0. The molecule has 0 heterocycles. The minimum Gasteiger partial charge on any atom is -0.480 e. The van der Waals surface area contributed by atoms with Crippen molar-refractivity contribution in [2.45, 2.75) is 31.2 Å². The molecule has 3 N–H and O–H groups in total. The first-order valence-electron chi connectivity index (χ1n) is 6.20. The molecule has 2 amide bonds. The van der Waals surface area contributed by atoms with Crippen LogP contribution in [0.4, 0.5) is 14.9 Å². The SMILES string of the molecule is O=C(Nc1ccc(F)cc1I)NC1(C(=O)O)CCCC1. The van der Waals surface area contributed by atoms with Gasteiger partial charge in [0.05, 0.1) is 5.69 Å². The second-order valence-corrected chi connectivity index (χ2v) is 5.96. The summed E-state index contributed by atoms with van der Waals surface area (Å²) < 4.78 is 13.5. The van der Waals surface area contributed by atoms with Crippen molar-refractivity contribution in [3.8, 4) is 0 Å². The Hall–Kier alpha value is -1.38. The summed E-state index contributed by atoms with van der Waals surface area (Å²) in [4.78, 5) is 23.3. The molecule has 0 bridgehead atoms. The molecule has 0 radical (unpaired) electrons. The summed E-state index contributed by atoms with van der Waals surface area (Å²) in [6, 6.07) is 3.39. The van der Waals surface area contributed by atoms with Crippen LogP contribution in [0.25, 0.3) is 0 Å². The number of nitrogens with one attached hydrogen (secondary N) is 2. The molecule has 0 spiro atoms. The summed E-state index contributed by atoms with van der Waals surface area (Å²) in [5.74, 6) is -1.41. The number of carbonyl (C=O) groups is 2. The van der Waals surface area contributed by atoms with Gasteiger partial charge in [-0.05, 0) is 53.6 Å². The highest BCUT2D eigenvalue weighted by Crippen LogP contribution is 2.30. The molecule has 5 nitrogen and oxygen atoms in total. The average Bonchev–Trinajstić information content (AvgIpc) is 2.82. The third kappa shape index (κ3) is 3.20. The first-order chi connectivity index (χ1) is 9.43. The smallest absolute Gasteiger partial charge is 0.329 e. The lowest BCUT2D eigenvalue weighted by Crippen LogP contribution is -2.53. The number of carbonyl (C=O) groups excluding carboxylic acids is 1. The normalized spacial score (nSPS) is 16.7. The highest BCUT2D eigenvalue weighted by atomic mass is 127. The lowest BCUT2D eigenvalue weighted by atomic mass is 9.98. The van der Waals surface area contributed by atoms with Crippen molar-refractivity contribution in [2.24, 2.45) is 0 Å². The van der Waals surface area contributed by atoms with Gasteiger partial charge in [-0.15, -0.1) is 0 Å². The molecule has 1 aliphatic carbocycles. The number of hydrogen-bond acceptors (Lipinski definition) is 2. The van der Waals surface area contributed by atoms with Gasteiger partial charge >= 0.3 is 12.0 Å². The molecule has 0 aromatic heterocycles. The van der Waals surface area contributed by atoms with Crippen LogP contribution in [0.1, 0.15) is 25.7 Å². The van der Waals surface area contributed by atoms with Crippen LogP contribution in [0.2, 0.25) is 0 Å². The topological polar surface area (TPSA) is 78.4 Å². The number of aliphatic carboxylic acids is 1. The third-order valence-electron chi connectivity index (χ3n) is 3.40. The van der Waals surface area contributed by atoms with Gasteiger partial charge in [0.2, 0.25) is 0 Å². The van der Waals surface area contributed by atoms with Crippen molar-refractivity contribution < 1.29 is 19.1 Å². The Balaban J connectivity index is 2.07. The molecular formula is C13H14FIN2O3. The van der Waals surface area contributed by atoms with E-state index in [-0.39, 0.29) is 0 Å². The third-order valence-corrected chi connectivity index (χ3v) is 4.29. The Morgan fingerprint density at radius 2 is 1.95 bits per heavy atom. The van der Waals surface area contributed by atoms with E-state index in [1.165, 1.54) is 18.2 Å². The number of carboxylic acids is 1. The summed E-state index contributed by atoms with van der Waals surface area (Å²) in [5, 5.41) is 14.4. The van der Waals surface area contributed by atoms with E-state index in [0.29, 0.717) is 22.1 Å². The van der Waals surface area contributed by atoms with E-state index in [0.717, 1.165) is 12.8 Å². The summed E-state index contributed by atoms with van der Waals surface area (Å²) in [5.41, 5.74) is -0.738. The number of anilines is 1. The van der Waals surface area contributed by atoms with Crippen molar-refractivity contribution in [1.29, 1.82) is 0 Å². The number of halogens is 2. The van der Waals surface area contributed by atoms with Gasteiger partial charge in [-0.3, -0.25) is 0 Å². The minimum absolute atomic E-state index is 0.391. The number of amides is 2. The lowest BCUT2D eigenvalue weighted by Gasteiger charge is -2.25. The van der Waals surface area contributed by atoms with E-state index in [9.17, 15) is 19.1 Å². The Labute approximate surface area is 129 Å². The Morgan fingerprint density at radius 1 is 1.30 bits per heavy atom. The maximum atomic E-state index is 13.0. The fraction of sp³-hybridized carbons (Fsp3) is 0.385. The highest BCUT2D eigenvalue weighted by molar-refractivity contribution is 14.1. The number of rotatable bonds is 3. The van der Waals surface area contributed by atoms with Gasteiger partial charge in [0.15, 0.2) is 0 Å². The molecule has 2 rings (SSSR count). The number of carboxylic acid groups (broad SMARTS) is 1. The molecular weight excluding hydrogens is 378 g/mol. The molecule has 0 unspecified atom stereocenters. The van der Waals surface area contributed by atoms with Crippen molar-refractivity contribution in [1.82, 2.24) is 5.32 Å². The van der Waals surface area contributed by atoms with Crippen LogP contribution in [-0.2, 0) is 4.79 Å². The fourth-order valence-corrected chi connectivity index (χ4v) is 2.94. The Kier molecular flexibility index (Phi) is 4.46. The van der Waals surface area contributed by atoms with Crippen LogP contribution >= 0.6 is 22.6 Å². The largest absolute Gasteiger partial charge is 0.480 e. The van der Waals surface area contributed by atoms with E-state index in [1.807, 2.05) is 22.6 Å². The van der Waals surface area contributed by atoms with E-state index in [2.05, 4.69) is 10.6 Å². The Morgan fingerprint density at radius 3 is 2.50 bits per heavy atom. The minimum atomic E-state index is -1.18. The molecule has 7 heteroatoms. The Bertz CT molecular complexity index is 544. The monoisotopic (exact) mass is 392 g/mol. The zero-order chi connectivity index (χ0) is 14.8. The molecule has 1 aromatic carbocycles. The predicted octanol–water partition coefficient (Wildman–Crippen LogP) is 2.95. The molecule has 108 valence electrons. The van der Waals surface area contributed by atoms with Gasteiger partial charge in [0, 0.05) is 3.57 Å². The van der Waals surface area contributed by atoms with E-state index in [4.69, 9.17) is 0 Å². The molecule has 0 saturated heterocycles. The summed E-state index contributed by atoms with van der Waals surface area (Å²) >= 11 is 1.90. The number of benzene rings is 1. The number of hydrogen-bond donors (Lipinski definition) is 3. The van der Waals surface area contributed by atoms with E-state index in [1.54, 1.807) is 0 Å². The van der Waals surface area contributed by atoms with Crippen molar-refractivity contribution in [3.63, 3.8) is 0 Å². The van der Waals surface area contributed by atoms with Gasteiger partial charge in [0.1, 0.15) is 11.4 Å². The van der Waals surface area contributed by atoms with Gasteiger partial charge in [-0.2, -0.15) is 0 Å². The first kappa shape index (κ1) is 15.0. The molecule has 20 heavy (non-hydrogen) atoms. The molecule has 1 fully saturated rings. The lowest BCUT2D eigenvalue weighted by molar-refractivity contribution is -0.144. The van der Waals surface area contributed by atoms with E-state index >= 15 is 0 Å². The standard InChI is InChI=1S/C13H14FIN2O3/c14-8-3-4-10(9(15)7-8)16-12(20)17-13(11(18)19)5-1-2-6-13/h3-4,7H,1-2,5-6H2,(H,18,19)(H2,16,17,20). The van der Waals surface area contributed by atoms with Gasteiger partial charge in [0.25, 0.3) is 0 Å². The molecule has 0 atom stereocenters. The van der Waals surface area contributed by atoms with Crippen LogP contribution in [0, 0.1) is 9.39 Å². The van der Waals surface area contributed by atoms with Gasteiger partial charge in [-0.25, -0.2) is 14.0 Å². The van der Waals surface area contributed by atoms with Crippen LogP contribution < -0.4 is 10.6 Å². The number of urea groups is 1. The highest BCUT2D eigenvalue weighted by Gasteiger charge is 2.42. The second kappa shape index (κ2) is 5.94. The zero-order valence-electron chi connectivity index (χ0n) is 10.6. The molecule has 0 aliphatic heterocycles. The maximum Gasteiger partial charge on any atom is 0.329 e. The molecule has 1 saturated carbocycles. The molecule has 1 aliphatic rings. The van der Waals surface area contributed by atoms with Crippen LogP contribution in [-0.4, -0.2) is 22.6 Å². The quantitative estimate of drug-likeness (QED) is 0.693. The van der Waals surface area contributed by atoms with E-state index < -0.39 is 23.4 Å². The zero-order valence-corrected chi connectivity index (χ0v) is 12.7. The van der Waals surface area contributed by atoms with Crippen LogP contribution in [0.15, 0.2) is 18.2 Å². The molecule has 1 aromatic rings. The fourth-order valence-electron chi connectivity index (χ4n) is 2.33. The summed E-state index contributed by atoms with van der Waals surface area (Å²) in [6.45, 7) is 0. The average molecular weight is 392 g/mol. The second-order valence-electron chi connectivity index (χ2n) is 4.80. The van der Waals surface area contributed by atoms with Crippen LogP contribution in [0.5, 0.6) is 0 Å². The van der Waals surface area contributed by atoms with Crippen LogP contribution in [0.3, 0.4) is 0 Å². The van der Waals surface area contributed by atoms with Crippen molar-refractivity contribution in [3.05, 3.63) is 27.6 Å². The van der Waals surface area contributed by atoms with Crippen molar-refractivity contribution in [2.75, 3.05) is 5.32 Å². The first-order valence-corrected chi connectivity index (χ1v) is 7.28. The predicted molar refractivity (Wildman–Crippen MR) is 80.1 cm³/mol.